The van der Waals surface area contributed by atoms with Crippen molar-refractivity contribution in [3.8, 4) is 10.9 Å². The molecule has 1 saturated heterocycles. The maximum atomic E-state index is 13.8. The molecule has 3 aromatic rings. The minimum atomic E-state index is -0.331. The van der Waals surface area contributed by atoms with Crippen LogP contribution in [0.2, 0.25) is 0 Å². The fourth-order valence-corrected chi connectivity index (χ4v) is 4.24. The Morgan fingerprint density at radius 3 is 2.64 bits per heavy atom. The standard InChI is InChI=1S/C21H21FN2O3S/c1-26-15-7-5-14(6-8-15)13-19(25)24-11-9-16(10-12-24)27-21-23-20-17(22)3-2-4-18(20)28-21/h2-8,16H,9-13H2,1H3. The zero-order chi connectivity index (χ0) is 19.5. The summed E-state index contributed by atoms with van der Waals surface area (Å²) in [7, 11) is 1.62. The molecular weight excluding hydrogens is 379 g/mol. The van der Waals surface area contributed by atoms with Crippen LogP contribution in [-0.2, 0) is 11.2 Å². The predicted molar refractivity (Wildman–Crippen MR) is 107 cm³/mol. The van der Waals surface area contributed by atoms with E-state index in [9.17, 15) is 9.18 Å². The number of hydrogen-bond acceptors (Lipinski definition) is 5. The van der Waals surface area contributed by atoms with Crippen LogP contribution in [0.25, 0.3) is 10.2 Å². The molecule has 1 amide bonds. The zero-order valence-corrected chi connectivity index (χ0v) is 16.4. The van der Waals surface area contributed by atoms with Crippen molar-refractivity contribution in [2.45, 2.75) is 25.4 Å². The second-order valence-corrected chi connectivity index (χ2v) is 7.78. The molecule has 7 heteroatoms. The first-order valence-electron chi connectivity index (χ1n) is 9.25. The number of amides is 1. The van der Waals surface area contributed by atoms with Gasteiger partial charge in [0.2, 0.25) is 5.91 Å². The van der Waals surface area contributed by atoms with Gasteiger partial charge in [0.15, 0.2) is 0 Å². The van der Waals surface area contributed by atoms with Crippen LogP contribution in [0.3, 0.4) is 0 Å². The Labute approximate surface area is 166 Å². The number of thiazole rings is 1. The molecule has 1 fully saturated rings. The molecule has 0 saturated carbocycles. The number of fused-ring (bicyclic) bond motifs is 1. The first kappa shape index (κ1) is 18.7. The Morgan fingerprint density at radius 1 is 1.21 bits per heavy atom. The summed E-state index contributed by atoms with van der Waals surface area (Å²) < 4.78 is 25.7. The summed E-state index contributed by atoms with van der Waals surface area (Å²) in [5, 5.41) is 0.489. The first-order valence-corrected chi connectivity index (χ1v) is 10.1. The van der Waals surface area contributed by atoms with Gasteiger partial charge in [0.1, 0.15) is 23.2 Å². The lowest BCUT2D eigenvalue weighted by atomic mass is 10.1. The molecule has 1 aliphatic rings. The molecule has 0 atom stereocenters. The Kier molecular flexibility index (Phi) is 5.43. The van der Waals surface area contributed by atoms with E-state index in [-0.39, 0.29) is 17.8 Å². The summed E-state index contributed by atoms with van der Waals surface area (Å²) in [5.74, 6) is 0.567. The molecule has 0 spiro atoms. The van der Waals surface area contributed by atoms with Crippen molar-refractivity contribution in [1.29, 1.82) is 0 Å². The molecular formula is C21H21FN2O3S. The van der Waals surface area contributed by atoms with Gasteiger partial charge < -0.3 is 14.4 Å². The Bertz CT molecular complexity index is 965. The largest absolute Gasteiger partial charge is 0.497 e. The fraction of sp³-hybridized carbons (Fsp3) is 0.333. The average Bonchev–Trinajstić information content (AvgIpc) is 3.13. The highest BCUT2D eigenvalue weighted by molar-refractivity contribution is 7.20. The maximum Gasteiger partial charge on any atom is 0.274 e. The molecule has 0 unspecified atom stereocenters. The number of para-hydroxylation sites is 1. The van der Waals surface area contributed by atoms with E-state index in [4.69, 9.17) is 9.47 Å². The highest BCUT2D eigenvalue weighted by Crippen LogP contribution is 2.31. The third kappa shape index (κ3) is 4.09. The van der Waals surface area contributed by atoms with Gasteiger partial charge in [0.25, 0.3) is 5.19 Å². The van der Waals surface area contributed by atoms with Crippen LogP contribution in [-0.4, -0.2) is 42.1 Å². The lowest BCUT2D eigenvalue weighted by Crippen LogP contribution is -2.42. The molecule has 28 heavy (non-hydrogen) atoms. The number of hydrogen-bond donors (Lipinski definition) is 0. The van der Waals surface area contributed by atoms with Crippen molar-refractivity contribution >= 4 is 27.5 Å². The highest BCUT2D eigenvalue weighted by Gasteiger charge is 2.25. The lowest BCUT2D eigenvalue weighted by Gasteiger charge is -2.31. The molecule has 1 aromatic heterocycles. The molecule has 2 aromatic carbocycles. The second kappa shape index (κ2) is 8.14. The number of benzene rings is 2. The Hall–Kier alpha value is -2.67. The summed E-state index contributed by atoms with van der Waals surface area (Å²) in [6.07, 6.45) is 1.86. The average molecular weight is 400 g/mol. The summed E-state index contributed by atoms with van der Waals surface area (Å²) in [6.45, 7) is 1.30. The minimum Gasteiger partial charge on any atom is -0.497 e. The number of ether oxygens (including phenoxy) is 2. The quantitative estimate of drug-likeness (QED) is 0.648. The van der Waals surface area contributed by atoms with E-state index in [1.165, 1.54) is 17.4 Å². The molecule has 4 rings (SSSR count). The van der Waals surface area contributed by atoms with Crippen LogP contribution in [0.1, 0.15) is 18.4 Å². The van der Waals surface area contributed by atoms with Gasteiger partial charge in [0, 0.05) is 25.9 Å². The summed E-state index contributed by atoms with van der Waals surface area (Å²) in [4.78, 5) is 18.7. The number of aromatic nitrogens is 1. The molecule has 1 aliphatic heterocycles. The van der Waals surface area contributed by atoms with Gasteiger partial charge in [-0.3, -0.25) is 4.79 Å². The van der Waals surface area contributed by atoms with Crippen LogP contribution < -0.4 is 9.47 Å². The molecule has 0 radical (unpaired) electrons. The summed E-state index contributed by atoms with van der Waals surface area (Å²) in [6, 6.07) is 12.5. The van der Waals surface area contributed by atoms with Gasteiger partial charge in [-0.2, -0.15) is 4.98 Å². The van der Waals surface area contributed by atoms with Crippen molar-refractivity contribution in [3.63, 3.8) is 0 Å². The van der Waals surface area contributed by atoms with E-state index < -0.39 is 0 Å². The topological polar surface area (TPSA) is 51.7 Å². The SMILES string of the molecule is COc1ccc(CC(=O)N2CCC(Oc3nc4c(F)cccc4s3)CC2)cc1. The van der Waals surface area contributed by atoms with Crippen LogP contribution in [0.15, 0.2) is 42.5 Å². The summed E-state index contributed by atoms with van der Waals surface area (Å²) >= 11 is 1.35. The highest BCUT2D eigenvalue weighted by atomic mass is 32.1. The molecule has 146 valence electrons. The number of halogens is 1. The van der Waals surface area contributed by atoms with Crippen LogP contribution in [0.4, 0.5) is 4.39 Å². The van der Waals surface area contributed by atoms with Gasteiger partial charge in [0.05, 0.1) is 18.2 Å². The van der Waals surface area contributed by atoms with E-state index in [1.807, 2.05) is 35.2 Å². The van der Waals surface area contributed by atoms with Crippen LogP contribution in [0, 0.1) is 5.82 Å². The zero-order valence-electron chi connectivity index (χ0n) is 15.6. The van der Waals surface area contributed by atoms with Gasteiger partial charge in [-0.15, -0.1) is 0 Å². The molecule has 5 nitrogen and oxygen atoms in total. The minimum absolute atomic E-state index is 0.00587. The smallest absolute Gasteiger partial charge is 0.274 e. The molecule has 2 heterocycles. The maximum absolute atomic E-state index is 13.8. The lowest BCUT2D eigenvalue weighted by molar-refractivity contribution is -0.132. The van der Waals surface area contributed by atoms with Gasteiger partial charge in [-0.05, 0) is 29.8 Å². The Morgan fingerprint density at radius 2 is 1.96 bits per heavy atom. The number of methoxy groups -OCH3 is 1. The number of carbonyl (C=O) groups excluding carboxylic acids is 1. The monoisotopic (exact) mass is 400 g/mol. The molecule has 0 bridgehead atoms. The summed E-state index contributed by atoms with van der Waals surface area (Å²) in [5.41, 5.74) is 1.33. The Balaban J connectivity index is 1.30. The van der Waals surface area contributed by atoms with E-state index in [1.54, 1.807) is 13.2 Å². The molecule has 0 N–H and O–H groups in total. The van der Waals surface area contributed by atoms with E-state index in [0.717, 1.165) is 28.9 Å². The third-order valence-electron chi connectivity index (χ3n) is 4.93. The third-order valence-corrected chi connectivity index (χ3v) is 5.84. The first-order chi connectivity index (χ1) is 13.6. The number of nitrogens with zero attached hydrogens (tertiary/aromatic N) is 2. The number of likely N-dealkylation sites (tertiary alicyclic amines) is 1. The van der Waals surface area contributed by atoms with Crippen molar-refractivity contribution in [2.75, 3.05) is 20.2 Å². The second-order valence-electron chi connectivity index (χ2n) is 6.79. The predicted octanol–water partition coefficient (Wildman–Crippen LogP) is 4.06. The van der Waals surface area contributed by atoms with E-state index in [2.05, 4.69) is 4.98 Å². The van der Waals surface area contributed by atoms with Crippen molar-refractivity contribution in [2.24, 2.45) is 0 Å². The van der Waals surface area contributed by atoms with Gasteiger partial charge in [-0.1, -0.05) is 29.5 Å². The van der Waals surface area contributed by atoms with E-state index in [0.29, 0.717) is 30.2 Å². The van der Waals surface area contributed by atoms with Crippen molar-refractivity contribution in [3.05, 3.63) is 53.8 Å². The molecule has 0 aliphatic carbocycles. The van der Waals surface area contributed by atoms with E-state index >= 15 is 0 Å². The van der Waals surface area contributed by atoms with Gasteiger partial charge in [-0.25, -0.2) is 4.39 Å². The van der Waals surface area contributed by atoms with Crippen molar-refractivity contribution in [1.82, 2.24) is 9.88 Å². The fourth-order valence-electron chi connectivity index (χ4n) is 3.34. The number of carbonyl (C=O) groups is 1. The van der Waals surface area contributed by atoms with Gasteiger partial charge >= 0.3 is 0 Å². The number of piperidine rings is 1. The van der Waals surface area contributed by atoms with Crippen LogP contribution in [0.5, 0.6) is 10.9 Å². The number of rotatable bonds is 5. The van der Waals surface area contributed by atoms with Crippen LogP contribution >= 0.6 is 11.3 Å². The van der Waals surface area contributed by atoms with Crippen molar-refractivity contribution < 1.29 is 18.7 Å². The normalized spacial score (nSPS) is 15.0.